The Morgan fingerprint density at radius 2 is 2.00 bits per heavy atom. The van der Waals surface area contributed by atoms with Crippen LogP contribution in [-0.4, -0.2) is 78.1 Å². The van der Waals surface area contributed by atoms with Crippen molar-refractivity contribution in [3.63, 3.8) is 0 Å². The lowest BCUT2D eigenvalue weighted by Crippen LogP contribution is -2.42. The number of nitrogens with zero attached hydrogens (tertiary/aromatic N) is 3. The number of rotatable bonds is 6. The Morgan fingerprint density at radius 1 is 1.22 bits per heavy atom. The van der Waals surface area contributed by atoms with Gasteiger partial charge in [0.25, 0.3) is 11.7 Å². The van der Waals surface area contributed by atoms with Crippen LogP contribution in [0.15, 0.2) is 48.2 Å². The number of halogens is 1. The van der Waals surface area contributed by atoms with E-state index in [0.717, 1.165) is 19.2 Å². The fourth-order valence-corrected chi connectivity index (χ4v) is 4.04. The normalized spacial score (nSPS) is 21.2. The average molecular weight is 441 g/mol. The van der Waals surface area contributed by atoms with E-state index in [1.54, 1.807) is 24.4 Å². The zero-order valence-corrected chi connectivity index (χ0v) is 17.7. The molecular formula is C23H24FN3O5. The number of carbonyl (C=O) groups excluding carboxylic acids is 2. The Labute approximate surface area is 184 Å². The van der Waals surface area contributed by atoms with E-state index in [2.05, 4.69) is 9.88 Å². The SMILES string of the molecule is COc1ccc(F)cc1C(O)=C1C(=O)C(=O)N(CCN2CCOCC2)C1c1ccccn1. The Morgan fingerprint density at radius 3 is 2.69 bits per heavy atom. The van der Waals surface area contributed by atoms with Crippen molar-refractivity contribution in [3.8, 4) is 5.75 Å². The molecule has 1 aromatic carbocycles. The van der Waals surface area contributed by atoms with Gasteiger partial charge >= 0.3 is 0 Å². The predicted molar refractivity (Wildman–Crippen MR) is 113 cm³/mol. The number of hydrogen-bond donors (Lipinski definition) is 1. The van der Waals surface area contributed by atoms with Gasteiger partial charge < -0.3 is 19.5 Å². The number of morpholine rings is 1. The molecule has 2 aromatic rings. The van der Waals surface area contributed by atoms with Gasteiger partial charge in [0.05, 0.1) is 37.2 Å². The summed E-state index contributed by atoms with van der Waals surface area (Å²) < 4.78 is 24.5. The molecule has 168 valence electrons. The molecule has 9 heteroatoms. The quantitative estimate of drug-likeness (QED) is 0.416. The Hall–Kier alpha value is -3.30. The first-order valence-corrected chi connectivity index (χ1v) is 10.3. The molecule has 0 aliphatic carbocycles. The Bertz CT molecular complexity index is 1040. The fraction of sp³-hybridized carbons (Fsp3) is 0.348. The maximum absolute atomic E-state index is 13.9. The highest BCUT2D eigenvalue weighted by molar-refractivity contribution is 6.46. The van der Waals surface area contributed by atoms with Gasteiger partial charge in [0, 0.05) is 32.4 Å². The van der Waals surface area contributed by atoms with E-state index in [0.29, 0.717) is 25.5 Å². The number of amides is 1. The summed E-state index contributed by atoms with van der Waals surface area (Å²) in [4.78, 5) is 33.9. The lowest BCUT2D eigenvalue weighted by molar-refractivity contribution is -0.140. The van der Waals surface area contributed by atoms with Crippen molar-refractivity contribution < 1.29 is 28.6 Å². The van der Waals surface area contributed by atoms with Crippen LogP contribution in [0.3, 0.4) is 0 Å². The van der Waals surface area contributed by atoms with Crippen LogP contribution >= 0.6 is 0 Å². The summed E-state index contributed by atoms with van der Waals surface area (Å²) in [7, 11) is 1.38. The molecule has 0 bridgehead atoms. The van der Waals surface area contributed by atoms with Crippen molar-refractivity contribution in [2.45, 2.75) is 6.04 Å². The number of carbonyl (C=O) groups is 2. The minimum absolute atomic E-state index is 0.000361. The van der Waals surface area contributed by atoms with Crippen LogP contribution in [-0.2, 0) is 14.3 Å². The zero-order chi connectivity index (χ0) is 22.7. The molecule has 0 radical (unpaired) electrons. The third kappa shape index (κ3) is 4.21. The molecule has 4 rings (SSSR count). The second kappa shape index (κ2) is 9.46. The van der Waals surface area contributed by atoms with E-state index in [9.17, 15) is 19.1 Å². The molecule has 8 nitrogen and oxygen atoms in total. The first-order valence-electron chi connectivity index (χ1n) is 10.3. The zero-order valence-electron chi connectivity index (χ0n) is 17.7. The van der Waals surface area contributed by atoms with Crippen LogP contribution in [0.4, 0.5) is 4.39 Å². The van der Waals surface area contributed by atoms with Gasteiger partial charge in [-0.15, -0.1) is 0 Å². The second-order valence-corrected chi connectivity index (χ2v) is 7.55. The van der Waals surface area contributed by atoms with Crippen LogP contribution in [0.25, 0.3) is 5.76 Å². The summed E-state index contributed by atoms with van der Waals surface area (Å²) in [6.07, 6.45) is 1.56. The number of Topliss-reactive ketones (excluding diaryl/α,β-unsaturated/α-hetero) is 1. The summed E-state index contributed by atoms with van der Waals surface area (Å²) in [6.45, 7) is 3.51. The number of benzene rings is 1. The number of aliphatic hydroxyl groups excluding tert-OH is 1. The summed E-state index contributed by atoms with van der Waals surface area (Å²) in [5.74, 6) is -2.49. The Kier molecular flexibility index (Phi) is 6.48. The molecule has 0 spiro atoms. The van der Waals surface area contributed by atoms with Gasteiger partial charge in [-0.3, -0.25) is 19.5 Å². The predicted octanol–water partition coefficient (Wildman–Crippen LogP) is 1.98. The van der Waals surface area contributed by atoms with Crippen molar-refractivity contribution in [2.24, 2.45) is 0 Å². The molecule has 1 unspecified atom stereocenters. The van der Waals surface area contributed by atoms with Gasteiger partial charge in [0.2, 0.25) is 0 Å². The lowest BCUT2D eigenvalue weighted by Gasteiger charge is -2.30. The van der Waals surface area contributed by atoms with Gasteiger partial charge in [-0.1, -0.05) is 6.07 Å². The minimum Gasteiger partial charge on any atom is -0.507 e. The first-order chi connectivity index (χ1) is 15.5. The summed E-state index contributed by atoms with van der Waals surface area (Å²) in [6, 6.07) is 7.87. The lowest BCUT2D eigenvalue weighted by atomic mass is 9.97. The highest BCUT2D eigenvalue weighted by Gasteiger charge is 2.47. The number of likely N-dealkylation sites (tertiary alicyclic amines) is 1. The number of pyridine rings is 1. The summed E-state index contributed by atoms with van der Waals surface area (Å²) >= 11 is 0. The van der Waals surface area contributed by atoms with E-state index in [1.807, 2.05) is 0 Å². The van der Waals surface area contributed by atoms with Crippen molar-refractivity contribution in [1.29, 1.82) is 0 Å². The van der Waals surface area contributed by atoms with E-state index < -0.39 is 29.3 Å². The Balaban J connectivity index is 1.76. The number of ether oxygens (including phenoxy) is 2. The van der Waals surface area contributed by atoms with Gasteiger partial charge in [0.1, 0.15) is 23.4 Å². The summed E-state index contributed by atoms with van der Waals surface area (Å²) in [5, 5.41) is 11.1. The maximum Gasteiger partial charge on any atom is 0.295 e. The molecule has 2 fully saturated rings. The maximum atomic E-state index is 13.9. The second-order valence-electron chi connectivity index (χ2n) is 7.55. The molecular weight excluding hydrogens is 417 g/mol. The van der Waals surface area contributed by atoms with Gasteiger partial charge in [-0.05, 0) is 30.3 Å². The largest absolute Gasteiger partial charge is 0.507 e. The molecule has 1 atom stereocenters. The van der Waals surface area contributed by atoms with E-state index in [4.69, 9.17) is 9.47 Å². The van der Waals surface area contributed by atoms with E-state index >= 15 is 0 Å². The van der Waals surface area contributed by atoms with Gasteiger partial charge in [-0.2, -0.15) is 0 Å². The van der Waals surface area contributed by atoms with Gasteiger partial charge in [0.15, 0.2) is 0 Å². The van der Waals surface area contributed by atoms with Crippen molar-refractivity contribution in [1.82, 2.24) is 14.8 Å². The summed E-state index contributed by atoms with van der Waals surface area (Å²) in [5.41, 5.74) is 0.296. The highest BCUT2D eigenvalue weighted by atomic mass is 19.1. The molecule has 1 N–H and O–H groups in total. The molecule has 1 amide bonds. The number of hydrogen-bond acceptors (Lipinski definition) is 7. The average Bonchev–Trinajstić information content (AvgIpc) is 3.08. The molecule has 3 heterocycles. The fourth-order valence-electron chi connectivity index (χ4n) is 4.04. The van der Waals surface area contributed by atoms with E-state index in [-0.39, 0.29) is 23.4 Å². The van der Waals surface area contributed by atoms with Gasteiger partial charge in [-0.25, -0.2) is 4.39 Å². The standard InChI is InChI=1S/C23H24FN3O5/c1-31-18-6-5-15(24)14-16(18)21(28)19-20(17-4-2-3-7-25-17)27(23(30)22(19)29)9-8-26-10-12-32-13-11-26/h2-7,14,20,28H,8-13H2,1H3. The third-order valence-electron chi connectivity index (χ3n) is 5.69. The smallest absolute Gasteiger partial charge is 0.295 e. The number of aromatic nitrogens is 1. The van der Waals surface area contributed by atoms with Crippen LogP contribution in [0.2, 0.25) is 0 Å². The van der Waals surface area contributed by atoms with E-state index in [1.165, 1.54) is 24.1 Å². The van der Waals surface area contributed by atoms with Crippen LogP contribution in [0.5, 0.6) is 5.75 Å². The molecule has 1 aromatic heterocycles. The molecule has 32 heavy (non-hydrogen) atoms. The number of aliphatic hydroxyl groups is 1. The number of ketones is 1. The van der Waals surface area contributed by atoms with Crippen molar-refractivity contribution >= 4 is 17.4 Å². The molecule has 2 aliphatic rings. The van der Waals surface area contributed by atoms with Crippen molar-refractivity contribution in [3.05, 3.63) is 65.2 Å². The monoisotopic (exact) mass is 441 g/mol. The van der Waals surface area contributed by atoms with Crippen LogP contribution < -0.4 is 4.74 Å². The number of methoxy groups -OCH3 is 1. The topological polar surface area (TPSA) is 92.2 Å². The van der Waals surface area contributed by atoms with Crippen molar-refractivity contribution in [2.75, 3.05) is 46.5 Å². The molecule has 0 saturated carbocycles. The molecule has 2 saturated heterocycles. The third-order valence-corrected chi connectivity index (χ3v) is 5.69. The minimum atomic E-state index is -0.898. The van der Waals surface area contributed by atoms with Crippen LogP contribution in [0.1, 0.15) is 17.3 Å². The first kappa shape index (κ1) is 21.9. The van der Waals surface area contributed by atoms with Crippen LogP contribution in [0, 0.1) is 5.82 Å². The highest BCUT2D eigenvalue weighted by Crippen LogP contribution is 2.40. The molecule has 2 aliphatic heterocycles.